The summed E-state index contributed by atoms with van der Waals surface area (Å²) in [5, 5.41) is 0. The second kappa shape index (κ2) is 6.99. The summed E-state index contributed by atoms with van der Waals surface area (Å²) >= 11 is 0. The van der Waals surface area contributed by atoms with E-state index in [0.29, 0.717) is 31.0 Å². The summed E-state index contributed by atoms with van der Waals surface area (Å²) in [4.78, 5) is 8.94. The maximum absolute atomic E-state index is 13.7. The van der Waals surface area contributed by atoms with Crippen LogP contribution >= 0.6 is 0 Å². The molecule has 0 radical (unpaired) electrons. The zero-order valence-corrected chi connectivity index (χ0v) is 14.5. The molecule has 4 rings (SSSR count). The number of nitrogens with zero attached hydrogens (tertiary/aromatic N) is 4. The minimum absolute atomic E-state index is 0.175. The highest BCUT2D eigenvalue weighted by Gasteiger charge is 2.26. The second-order valence-electron chi connectivity index (χ2n) is 6.49. The van der Waals surface area contributed by atoms with E-state index in [1.54, 1.807) is 18.7 Å². The Hall–Kier alpha value is -2.54. The van der Waals surface area contributed by atoms with Gasteiger partial charge >= 0.3 is 0 Å². The zero-order valence-electron chi connectivity index (χ0n) is 14.5. The molecule has 7 heteroatoms. The van der Waals surface area contributed by atoms with Crippen molar-refractivity contribution in [1.82, 2.24) is 19.1 Å². The molecule has 0 spiro atoms. The largest absolute Gasteiger partial charge is 0.381 e. The molecule has 0 aliphatic carbocycles. The van der Waals surface area contributed by atoms with Crippen molar-refractivity contribution in [1.29, 1.82) is 0 Å². The average molecular weight is 358 g/mol. The lowest BCUT2D eigenvalue weighted by Crippen LogP contribution is -2.10. The van der Waals surface area contributed by atoms with Crippen molar-refractivity contribution in [3.8, 4) is 11.3 Å². The number of hydrogen-bond donors (Lipinski definition) is 0. The monoisotopic (exact) mass is 358 g/mol. The van der Waals surface area contributed by atoms with Crippen molar-refractivity contribution in [2.24, 2.45) is 0 Å². The van der Waals surface area contributed by atoms with Gasteiger partial charge in [-0.1, -0.05) is 0 Å². The standard InChI is InChI=1S/C19H20F2N4O/c1-2-24-8-15(22-11-24)9-25-12-23-18(19(25)14-5-6-26-10-14)13-3-4-16(20)17(21)7-13/h3-4,7-8,11-12,14H,2,5-6,9-10H2,1H3. The number of halogens is 2. The van der Waals surface area contributed by atoms with Crippen molar-refractivity contribution in [2.45, 2.75) is 32.4 Å². The fourth-order valence-corrected chi connectivity index (χ4v) is 3.40. The number of imidazole rings is 2. The van der Waals surface area contributed by atoms with Gasteiger partial charge in [0, 0.05) is 30.8 Å². The first-order valence-corrected chi connectivity index (χ1v) is 8.74. The second-order valence-corrected chi connectivity index (χ2v) is 6.49. The van der Waals surface area contributed by atoms with Crippen molar-refractivity contribution in [2.75, 3.05) is 13.2 Å². The van der Waals surface area contributed by atoms with Gasteiger partial charge in [-0.3, -0.25) is 0 Å². The third kappa shape index (κ3) is 3.14. The van der Waals surface area contributed by atoms with E-state index in [-0.39, 0.29) is 5.92 Å². The minimum atomic E-state index is -0.868. The number of hydrogen-bond acceptors (Lipinski definition) is 3. The van der Waals surface area contributed by atoms with Gasteiger partial charge in [-0.15, -0.1) is 0 Å². The van der Waals surface area contributed by atoms with E-state index in [0.717, 1.165) is 30.4 Å². The molecule has 1 atom stereocenters. The van der Waals surface area contributed by atoms with Gasteiger partial charge in [0.2, 0.25) is 0 Å². The van der Waals surface area contributed by atoms with Crippen LogP contribution in [0.5, 0.6) is 0 Å². The smallest absolute Gasteiger partial charge is 0.159 e. The highest BCUT2D eigenvalue weighted by Crippen LogP contribution is 2.34. The molecule has 0 bridgehead atoms. The molecule has 136 valence electrons. The Morgan fingerprint density at radius 1 is 1.19 bits per heavy atom. The molecule has 0 N–H and O–H groups in total. The van der Waals surface area contributed by atoms with Crippen LogP contribution in [-0.4, -0.2) is 32.3 Å². The van der Waals surface area contributed by atoms with Gasteiger partial charge in [-0.05, 0) is 31.5 Å². The third-order valence-corrected chi connectivity index (χ3v) is 4.77. The van der Waals surface area contributed by atoms with Gasteiger partial charge in [0.25, 0.3) is 0 Å². The molecule has 3 aromatic rings. The summed E-state index contributed by atoms with van der Waals surface area (Å²) in [6.07, 6.45) is 6.44. The molecule has 0 amide bonds. The van der Waals surface area contributed by atoms with E-state index >= 15 is 0 Å². The highest BCUT2D eigenvalue weighted by atomic mass is 19.2. The summed E-state index contributed by atoms with van der Waals surface area (Å²) in [7, 11) is 0. The Balaban J connectivity index is 1.74. The lowest BCUT2D eigenvalue weighted by Gasteiger charge is -2.14. The molecule has 3 heterocycles. The van der Waals surface area contributed by atoms with Crippen molar-refractivity contribution < 1.29 is 13.5 Å². The topological polar surface area (TPSA) is 44.9 Å². The molecule has 2 aromatic heterocycles. The molecule has 1 unspecified atom stereocenters. The highest BCUT2D eigenvalue weighted by molar-refractivity contribution is 5.63. The van der Waals surface area contributed by atoms with Gasteiger partial charge in [0.15, 0.2) is 11.6 Å². The Morgan fingerprint density at radius 3 is 2.77 bits per heavy atom. The Labute approximate surface area is 150 Å². The number of ether oxygens (including phenoxy) is 1. The van der Waals surface area contributed by atoms with Crippen LogP contribution in [0.3, 0.4) is 0 Å². The Bertz CT molecular complexity index is 912. The fraction of sp³-hybridized carbons (Fsp3) is 0.368. The van der Waals surface area contributed by atoms with Gasteiger partial charge in [0.05, 0.1) is 42.9 Å². The number of aromatic nitrogens is 4. The van der Waals surface area contributed by atoms with Crippen LogP contribution in [0.4, 0.5) is 8.78 Å². The number of aryl methyl sites for hydroxylation is 1. The molecule has 1 saturated heterocycles. The molecule has 1 aliphatic heterocycles. The maximum Gasteiger partial charge on any atom is 0.159 e. The summed E-state index contributed by atoms with van der Waals surface area (Å²) in [5.74, 6) is -1.55. The van der Waals surface area contributed by atoms with Crippen LogP contribution in [0.25, 0.3) is 11.3 Å². The van der Waals surface area contributed by atoms with E-state index in [9.17, 15) is 8.78 Å². The van der Waals surface area contributed by atoms with Crippen molar-refractivity contribution >= 4 is 0 Å². The van der Waals surface area contributed by atoms with Crippen LogP contribution < -0.4 is 0 Å². The molecule has 5 nitrogen and oxygen atoms in total. The first kappa shape index (κ1) is 16.9. The summed E-state index contributed by atoms with van der Waals surface area (Å²) < 4.78 is 36.6. The van der Waals surface area contributed by atoms with Crippen molar-refractivity contribution in [3.05, 3.63) is 60.1 Å². The van der Waals surface area contributed by atoms with Crippen LogP contribution in [0, 0.1) is 11.6 Å². The molecule has 1 fully saturated rings. The van der Waals surface area contributed by atoms with Crippen LogP contribution in [0.2, 0.25) is 0 Å². The van der Waals surface area contributed by atoms with E-state index in [2.05, 4.69) is 16.9 Å². The molecule has 1 aliphatic rings. The summed E-state index contributed by atoms with van der Waals surface area (Å²) in [6, 6.07) is 3.91. The summed E-state index contributed by atoms with van der Waals surface area (Å²) in [6.45, 7) is 4.80. The minimum Gasteiger partial charge on any atom is -0.381 e. The van der Waals surface area contributed by atoms with Gasteiger partial charge in [-0.2, -0.15) is 0 Å². The predicted octanol–water partition coefficient (Wildman–Crippen LogP) is 3.60. The number of benzene rings is 1. The first-order valence-electron chi connectivity index (χ1n) is 8.74. The van der Waals surface area contributed by atoms with Crippen LogP contribution in [-0.2, 0) is 17.8 Å². The van der Waals surface area contributed by atoms with Crippen LogP contribution in [0.15, 0.2) is 37.1 Å². The van der Waals surface area contributed by atoms with Crippen molar-refractivity contribution in [3.63, 3.8) is 0 Å². The lowest BCUT2D eigenvalue weighted by molar-refractivity contribution is 0.193. The fourth-order valence-electron chi connectivity index (χ4n) is 3.40. The average Bonchev–Trinajstić information content (AvgIpc) is 3.37. The van der Waals surface area contributed by atoms with Crippen LogP contribution in [0.1, 0.15) is 30.7 Å². The molecular weight excluding hydrogens is 338 g/mol. The normalized spacial score (nSPS) is 17.1. The summed E-state index contributed by atoms with van der Waals surface area (Å²) in [5.41, 5.74) is 3.17. The quantitative estimate of drug-likeness (QED) is 0.700. The first-order chi connectivity index (χ1) is 12.7. The SMILES string of the molecule is CCn1cnc(Cn2cnc(-c3ccc(F)c(F)c3)c2C2CCOC2)c1. The van der Waals surface area contributed by atoms with Gasteiger partial charge in [0.1, 0.15) is 0 Å². The van der Waals surface area contributed by atoms with Gasteiger partial charge < -0.3 is 13.9 Å². The Kier molecular flexibility index (Phi) is 4.55. The number of rotatable bonds is 5. The molecule has 26 heavy (non-hydrogen) atoms. The Morgan fingerprint density at radius 2 is 2.08 bits per heavy atom. The lowest BCUT2D eigenvalue weighted by atomic mass is 9.99. The van der Waals surface area contributed by atoms with E-state index in [1.165, 1.54) is 6.07 Å². The third-order valence-electron chi connectivity index (χ3n) is 4.77. The van der Waals surface area contributed by atoms with Gasteiger partial charge in [-0.25, -0.2) is 18.7 Å². The molecular formula is C19H20F2N4O. The zero-order chi connectivity index (χ0) is 18.1. The predicted molar refractivity (Wildman–Crippen MR) is 92.8 cm³/mol. The maximum atomic E-state index is 13.7. The van der Waals surface area contributed by atoms with E-state index < -0.39 is 11.6 Å². The molecule has 1 aromatic carbocycles. The molecule has 0 saturated carbocycles. The van der Waals surface area contributed by atoms with E-state index in [4.69, 9.17) is 4.74 Å². The van der Waals surface area contributed by atoms with E-state index in [1.807, 2.05) is 15.3 Å².